The van der Waals surface area contributed by atoms with Crippen LogP contribution < -0.4 is 15.5 Å². The third-order valence-corrected chi connectivity index (χ3v) is 6.02. The summed E-state index contributed by atoms with van der Waals surface area (Å²) in [6.45, 7) is 2.20. The molecule has 3 aromatic rings. The van der Waals surface area contributed by atoms with Crippen LogP contribution in [0, 0.1) is 16.6 Å². The Morgan fingerprint density at radius 2 is 1.78 bits per heavy atom. The second-order valence-electron chi connectivity index (χ2n) is 8.45. The summed E-state index contributed by atoms with van der Waals surface area (Å²) < 4.78 is 24.9. The number of hydrogen-bond acceptors (Lipinski definition) is 7. The van der Waals surface area contributed by atoms with Gasteiger partial charge >= 0.3 is 0 Å². The molecule has 9 nitrogen and oxygen atoms in total. The largest absolute Gasteiger partial charge is 0.407 e. The molecular formula is C27H25FN6O3. The molecule has 5 rings (SSSR count). The zero-order chi connectivity index (χ0) is 25.8. The lowest BCUT2D eigenvalue weighted by Crippen LogP contribution is -2.43. The van der Waals surface area contributed by atoms with Crippen molar-refractivity contribution in [3.05, 3.63) is 95.3 Å². The standard InChI is InChI=1S/C27H25FN6O3/c28-18-10-11-22(34-12-14-36-15-13-34)20(16-18)24(29)37-27(30)33-25-26(35)31-21-9-5-4-8-19(21)23(32-25)17-6-2-1-3-7-17/h1-11,16,25,29H,12-15H2,(H2,30,33)(H,31,35). The van der Waals surface area contributed by atoms with Crippen molar-refractivity contribution in [2.24, 2.45) is 4.99 Å². The van der Waals surface area contributed by atoms with E-state index in [1.165, 1.54) is 12.1 Å². The molecule has 2 aliphatic heterocycles. The number of carbonyl (C=O) groups is 1. The summed E-state index contributed by atoms with van der Waals surface area (Å²) in [5.74, 6) is -1.45. The fraction of sp³-hybridized carbons (Fsp3) is 0.185. The van der Waals surface area contributed by atoms with Crippen molar-refractivity contribution in [1.29, 1.82) is 10.8 Å². The van der Waals surface area contributed by atoms with E-state index in [1.807, 2.05) is 53.4 Å². The third-order valence-electron chi connectivity index (χ3n) is 6.02. The quantitative estimate of drug-likeness (QED) is 0.323. The number of anilines is 2. The van der Waals surface area contributed by atoms with Gasteiger partial charge in [-0.3, -0.25) is 15.6 Å². The molecule has 1 unspecified atom stereocenters. The molecule has 2 aliphatic rings. The number of morpholine rings is 1. The molecular weight excluding hydrogens is 475 g/mol. The zero-order valence-corrected chi connectivity index (χ0v) is 19.8. The molecule has 37 heavy (non-hydrogen) atoms. The second kappa shape index (κ2) is 10.6. The van der Waals surface area contributed by atoms with Crippen molar-refractivity contribution < 1.29 is 18.7 Å². The summed E-state index contributed by atoms with van der Waals surface area (Å²) in [5, 5.41) is 22.2. The minimum absolute atomic E-state index is 0.194. The first kappa shape index (κ1) is 24.1. The van der Waals surface area contributed by atoms with Gasteiger partial charge in [-0.05, 0) is 24.3 Å². The van der Waals surface area contributed by atoms with Gasteiger partial charge in [0.1, 0.15) is 5.82 Å². The summed E-state index contributed by atoms with van der Waals surface area (Å²) in [7, 11) is 0. The molecule has 1 fully saturated rings. The normalized spacial score (nSPS) is 17.1. The van der Waals surface area contributed by atoms with Crippen LogP contribution in [0.5, 0.6) is 0 Å². The molecule has 4 N–H and O–H groups in total. The van der Waals surface area contributed by atoms with Gasteiger partial charge in [0.05, 0.1) is 30.2 Å². The number of rotatable bonds is 4. The molecule has 10 heteroatoms. The van der Waals surface area contributed by atoms with Gasteiger partial charge in [-0.1, -0.05) is 48.5 Å². The van der Waals surface area contributed by atoms with Gasteiger partial charge in [0, 0.05) is 29.9 Å². The van der Waals surface area contributed by atoms with E-state index in [4.69, 9.17) is 20.3 Å². The molecule has 0 bridgehead atoms. The van der Waals surface area contributed by atoms with E-state index in [9.17, 15) is 9.18 Å². The van der Waals surface area contributed by atoms with Crippen molar-refractivity contribution in [1.82, 2.24) is 5.32 Å². The number of benzodiazepines with no additional fused rings is 1. The number of nitrogens with zero attached hydrogens (tertiary/aromatic N) is 2. The van der Waals surface area contributed by atoms with Crippen LogP contribution in [0.1, 0.15) is 16.7 Å². The summed E-state index contributed by atoms with van der Waals surface area (Å²) >= 11 is 0. The molecule has 0 saturated carbocycles. The van der Waals surface area contributed by atoms with Crippen LogP contribution in [0.2, 0.25) is 0 Å². The Hall–Kier alpha value is -4.57. The first-order valence-corrected chi connectivity index (χ1v) is 11.8. The highest BCUT2D eigenvalue weighted by atomic mass is 19.1. The first-order chi connectivity index (χ1) is 18.0. The smallest absolute Gasteiger partial charge is 0.290 e. The van der Waals surface area contributed by atoms with Gasteiger partial charge in [0.25, 0.3) is 11.9 Å². The Balaban J connectivity index is 1.38. The maximum atomic E-state index is 14.1. The van der Waals surface area contributed by atoms with Gasteiger partial charge in [-0.2, -0.15) is 0 Å². The van der Waals surface area contributed by atoms with Crippen molar-refractivity contribution in [3.8, 4) is 0 Å². The van der Waals surface area contributed by atoms with Crippen LogP contribution in [0.3, 0.4) is 0 Å². The fourth-order valence-corrected chi connectivity index (χ4v) is 4.26. The van der Waals surface area contributed by atoms with E-state index in [0.717, 1.165) is 11.1 Å². The van der Waals surface area contributed by atoms with Crippen molar-refractivity contribution >= 4 is 34.9 Å². The van der Waals surface area contributed by atoms with E-state index in [-0.39, 0.29) is 5.56 Å². The maximum Gasteiger partial charge on any atom is 0.290 e. The maximum absolute atomic E-state index is 14.1. The highest BCUT2D eigenvalue weighted by molar-refractivity contribution is 6.19. The van der Waals surface area contributed by atoms with Crippen molar-refractivity contribution in [2.45, 2.75) is 6.17 Å². The lowest BCUT2D eigenvalue weighted by Gasteiger charge is -2.30. The Morgan fingerprint density at radius 1 is 1.05 bits per heavy atom. The number of hydrogen-bond donors (Lipinski definition) is 4. The zero-order valence-electron chi connectivity index (χ0n) is 19.8. The van der Waals surface area contributed by atoms with Gasteiger partial charge in [0.15, 0.2) is 0 Å². The molecule has 0 aromatic heterocycles. The van der Waals surface area contributed by atoms with Crippen molar-refractivity contribution in [3.63, 3.8) is 0 Å². The van der Waals surface area contributed by atoms with Gasteiger partial charge in [-0.15, -0.1) is 0 Å². The second-order valence-corrected chi connectivity index (χ2v) is 8.45. The number of para-hydroxylation sites is 1. The number of benzene rings is 3. The number of amidine groups is 1. The molecule has 0 spiro atoms. The highest BCUT2D eigenvalue weighted by Gasteiger charge is 2.27. The van der Waals surface area contributed by atoms with E-state index in [0.29, 0.717) is 43.4 Å². The van der Waals surface area contributed by atoms with Crippen LogP contribution in [0.25, 0.3) is 0 Å². The Bertz CT molecular complexity index is 1370. The van der Waals surface area contributed by atoms with Crippen molar-refractivity contribution in [2.75, 3.05) is 36.5 Å². The van der Waals surface area contributed by atoms with Gasteiger partial charge in [-0.25, -0.2) is 9.38 Å². The van der Waals surface area contributed by atoms with Crippen LogP contribution in [-0.2, 0) is 14.3 Å². The minimum atomic E-state index is -1.20. The van der Waals surface area contributed by atoms with E-state index in [1.54, 1.807) is 12.1 Å². The van der Waals surface area contributed by atoms with Crippen LogP contribution in [0.15, 0.2) is 77.8 Å². The molecule has 1 atom stereocenters. The SMILES string of the molecule is N=C(NC1N=C(c2ccccc2)c2ccccc2NC1=O)OC(=N)c1cc(F)ccc1N1CCOCC1. The lowest BCUT2D eigenvalue weighted by molar-refractivity contribution is -0.117. The predicted octanol–water partition coefficient (Wildman–Crippen LogP) is 3.34. The molecule has 1 saturated heterocycles. The number of aliphatic imine (C=N–C) groups is 1. The Labute approximate surface area is 212 Å². The summed E-state index contributed by atoms with van der Waals surface area (Å²) in [6, 6.07) is 20.2. The van der Waals surface area contributed by atoms with Crippen LogP contribution in [-0.4, -0.2) is 56.0 Å². The number of nitrogens with one attached hydrogen (secondary N) is 4. The molecule has 2 heterocycles. The number of fused-ring (bicyclic) bond motifs is 1. The lowest BCUT2D eigenvalue weighted by atomic mass is 10.0. The first-order valence-electron chi connectivity index (χ1n) is 11.8. The van der Waals surface area contributed by atoms with E-state index >= 15 is 0 Å². The van der Waals surface area contributed by atoms with Crippen LogP contribution >= 0.6 is 0 Å². The van der Waals surface area contributed by atoms with Gasteiger partial charge < -0.3 is 25.0 Å². The third kappa shape index (κ3) is 5.34. The summed E-state index contributed by atoms with van der Waals surface area (Å²) in [5.41, 5.74) is 3.49. The molecule has 3 aromatic carbocycles. The Morgan fingerprint density at radius 3 is 2.57 bits per heavy atom. The average Bonchev–Trinajstić information content (AvgIpc) is 3.05. The topological polar surface area (TPSA) is 123 Å². The van der Waals surface area contributed by atoms with E-state index in [2.05, 4.69) is 15.6 Å². The minimum Gasteiger partial charge on any atom is -0.407 e. The molecule has 188 valence electrons. The predicted molar refractivity (Wildman–Crippen MR) is 139 cm³/mol. The average molecular weight is 501 g/mol. The van der Waals surface area contributed by atoms with Crippen LogP contribution in [0.4, 0.5) is 15.8 Å². The number of carbonyl (C=O) groups excluding carboxylic acids is 1. The molecule has 0 aliphatic carbocycles. The number of halogens is 1. The van der Waals surface area contributed by atoms with Gasteiger partial charge in [0.2, 0.25) is 12.1 Å². The fourth-order valence-electron chi connectivity index (χ4n) is 4.26. The summed E-state index contributed by atoms with van der Waals surface area (Å²) in [6.07, 6.45) is -1.20. The number of amides is 1. The molecule has 0 radical (unpaired) electrons. The van der Waals surface area contributed by atoms with E-state index < -0.39 is 29.8 Å². The highest BCUT2D eigenvalue weighted by Crippen LogP contribution is 2.25. The summed E-state index contributed by atoms with van der Waals surface area (Å²) in [4.78, 5) is 19.6. The number of ether oxygens (including phenoxy) is 2. The molecule has 1 amide bonds. The monoisotopic (exact) mass is 500 g/mol. The Kier molecular flexibility index (Phi) is 6.91.